The van der Waals surface area contributed by atoms with Gasteiger partial charge < -0.3 is 4.74 Å². The Morgan fingerprint density at radius 1 is 1.18 bits per heavy atom. The Labute approximate surface area is 114 Å². The summed E-state index contributed by atoms with van der Waals surface area (Å²) >= 11 is 2.17. The largest absolute Gasteiger partial charge is 0.438 e. The molecule has 0 unspecified atom stereocenters. The van der Waals surface area contributed by atoms with E-state index in [2.05, 4.69) is 59.4 Å². The van der Waals surface area contributed by atoms with Gasteiger partial charge in [-0.2, -0.15) is 0 Å². The zero-order valence-electron chi connectivity index (χ0n) is 9.99. The lowest BCUT2D eigenvalue weighted by atomic mass is 10.1. The summed E-state index contributed by atoms with van der Waals surface area (Å²) < 4.78 is 6.75. The summed E-state index contributed by atoms with van der Waals surface area (Å²) in [7, 11) is 0. The predicted molar refractivity (Wildman–Crippen MR) is 75.5 cm³/mol. The molecule has 0 radical (unpaired) electrons. The van der Waals surface area contributed by atoms with E-state index < -0.39 is 0 Å². The molecule has 0 amide bonds. The molecule has 2 aromatic rings. The van der Waals surface area contributed by atoms with Crippen molar-refractivity contribution in [3.8, 4) is 11.6 Å². The number of aromatic nitrogens is 2. The second kappa shape index (κ2) is 5.00. The Kier molecular flexibility index (Phi) is 3.61. The fourth-order valence-corrected chi connectivity index (χ4v) is 2.00. The van der Waals surface area contributed by atoms with E-state index in [1.807, 2.05) is 6.07 Å². The van der Waals surface area contributed by atoms with Crippen LogP contribution < -0.4 is 4.74 Å². The molecule has 0 atom stereocenters. The molecular formula is C13H13IN2O. The molecule has 0 bridgehead atoms. The lowest BCUT2D eigenvalue weighted by molar-refractivity contribution is 0.453. The van der Waals surface area contributed by atoms with Crippen LogP contribution in [0.4, 0.5) is 0 Å². The van der Waals surface area contributed by atoms with E-state index in [1.54, 1.807) is 6.20 Å². The molecule has 4 heteroatoms. The molecule has 17 heavy (non-hydrogen) atoms. The fourth-order valence-electron chi connectivity index (χ4n) is 1.59. The van der Waals surface area contributed by atoms with Crippen LogP contribution in [0.1, 0.15) is 16.7 Å². The summed E-state index contributed by atoms with van der Waals surface area (Å²) in [6, 6.07) is 4.17. The highest BCUT2D eigenvalue weighted by Gasteiger charge is 2.08. The maximum atomic E-state index is 5.84. The number of hydrogen-bond acceptors (Lipinski definition) is 3. The molecule has 88 valence electrons. The molecule has 1 aromatic heterocycles. The van der Waals surface area contributed by atoms with Crippen molar-refractivity contribution in [1.29, 1.82) is 0 Å². The van der Waals surface area contributed by atoms with Crippen molar-refractivity contribution in [3.05, 3.63) is 44.9 Å². The summed E-state index contributed by atoms with van der Waals surface area (Å²) in [5.41, 5.74) is 3.56. The second-order valence-electron chi connectivity index (χ2n) is 3.98. The van der Waals surface area contributed by atoms with Crippen molar-refractivity contribution in [1.82, 2.24) is 9.97 Å². The maximum absolute atomic E-state index is 5.84. The van der Waals surface area contributed by atoms with Gasteiger partial charge >= 0.3 is 0 Å². The Bertz CT molecular complexity index is 555. The minimum absolute atomic E-state index is 0.605. The number of rotatable bonds is 2. The number of nitrogens with zero attached hydrogens (tertiary/aromatic N) is 2. The minimum Gasteiger partial charge on any atom is -0.438 e. The van der Waals surface area contributed by atoms with Crippen LogP contribution in [-0.4, -0.2) is 9.97 Å². The van der Waals surface area contributed by atoms with E-state index >= 15 is 0 Å². The highest BCUT2D eigenvalue weighted by atomic mass is 127. The van der Waals surface area contributed by atoms with Gasteiger partial charge in [-0.3, -0.25) is 0 Å². The van der Waals surface area contributed by atoms with E-state index in [0.29, 0.717) is 5.88 Å². The molecule has 0 aliphatic rings. The van der Waals surface area contributed by atoms with Crippen molar-refractivity contribution in [2.75, 3.05) is 0 Å². The summed E-state index contributed by atoms with van der Waals surface area (Å²) in [5, 5.41) is 0. The number of aryl methyl sites for hydroxylation is 2. The van der Waals surface area contributed by atoms with Crippen LogP contribution in [-0.2, 0) is 0 Å². The average molecular weight is 340 g/mol. The first-order valence-corrected chi connectivity index (χ1v) is 6.37. The third kappa shape index (κ3) is 2.74. The Morgan fingerprint density at radius 2 is 1.94 bits per heavy atom. The lowest BCUT2D eigenvalue weighted by Crippen LogP contribution is -1.95. The third-order valence-corrected chi connectivity index (χ3v) is 3.34. The molecule has 0 saturated carbocycles. The summed E-state index contributed by atoms with van der Waals surface area (Å²) in [5.74, 6) is 1.47. The Hall–Kier alpha value is -1.17. The maximum Gasteiger partial charge on any atom is 0.235 e. The van der Waals surface area contributed by atoms with E-state index in [0.717, 1.165) is 14.9 Å². The van der Waals surface area contributed by atoms with Gasteiger partial charge in [0.05, 0.1) is 3.57 Å². The average Bonchev–Trinajstić information content (AvgIpc) is 2.28. The Balaban J connectivity index is 2.40. The molecule has 0 saturated heterocycles. The number of ether oxygens (including phenoxy) is 1. The van der Waals surface area contributed by atoms with Gasteiger partial charge in [0.2, 0.25) is 5.88 Å². The SMILES string of the molecule is Cc1cc(C)c(C)c(Oc2ncncc2I)c1. The fraction of sp³-hybridized carbons (Fsp3) is 0.231. The highest BCUT2D eigenvalue weighted by Crippen LogP contribution is 2.29. The first kappa shape index (κ1) is 12.3. The molecular weight excluding hydrogens is 327 g/mol. The van der Waals surface area contributed by atoms with E-state index in [4.69, 9.17) is 4.74 Å². The van der Waals surface area contributed by atoms with Gasteiger partial charge in [0.25, 0.3) is 0 Å². The number of benzene rings is 1. The van der Waals surface area contributed by atoms with E-state index in [1.165, 1.54) is 17.5 Å². The van der Waals surface area contributed by atoms with E-state index in [9.17, 15) is 0 Å². The van der Waals surface area contributed by atoms with Crippen LogP contribution >= 0.6 is 22.6 Å². The zero-order valence-corrected chi connectivity index (χ0v) is 12.1. The molecule has 3 nitrogen and oxygen atoms in total. The number of halogens is 1. The summed E-state index contributed by atoms with van der Waals surface area (Å²) in [6.07, 6.45) is 3.23. The van der Waals surface area contributed by atoms with Gasteiger partial charge in [0.15, 0.2) is 0 Å². The van der Waals surface area contributed by atoms with Crippen LogP contribution in [0, 0.1) is 24.3 Å². The van der Waals surface area contributed by atoms with Crippen molar-refractivity contribution in [2.24, 2.45) is 0 Å². The molecule has 0 aliphatic heterocycles. The quantitative estimate of drug-likeness (QED) is 0.780. The lowest BCUT2D eigenvalue weighted by Gasteiger charge is -2.11. The van der Waals surface area contributed by atoms with Gasteiger partial charge in [-0.25, -0.2) is 9.97 Å². The van der Waals surface area contributed by atoms with Gasteiger partial charge in [-0.15, -0.1) is 0 Å². The second-order valence-corrected chi connectivity index (χ2v) is 5.15. The first-order chi connectivity index (χ1) is 8.08. The van der Waals surface area contributed by atoms with Crippen LogP contribution in [0.2, 0.25) is 0 Å². The van der Waals surface area contributed by atoms with Crippen LogP contribution in [0.3, 0.4) is 0 Å². The summed E-state index contributed by atoms with van der Waals surface area (Å²) in [6.45, 7) is 6.20. The van der Waals surface area contributed by atoms with Gasteiger partial charge in [0.1, 0.15) is 12.1 Å². The highest BCUT2D eigenvalue weighted by molar-refractivity contribution is 14.1. The van der Waals surface area contributed by atoms with Crippen molar-refractivity contribution >= 4 is 22.6 Å². The summed E-state index contributed by atoms with van der Waals surface area (Å²) in [4.78, 5) is 8.08. The standard InChI is InChI=1S/C13H13IN2O/c1-8-4-9(2)10(3)12(5-8)17-13-11(14)6-15-7-16-13/h4-7H,1-3H3. The van der Waals surface area contributed by atoms with Gasteiger partial charge in [-0.05, 0) is 66.1 Å². The predicted octanol–water partition coefficient (Wildman–Crippen LogP) is 3.80. The molecule has 1 heterocycles. The number of hydrogen-bond donors (Lipinski definition) is 0. The van der Waals surface area contributed by atoms with E-state index in [-0.39, 0.29) is 0 Å². The molecule has 0 aliphatic carbocycles. The first-order valence-electron chi connectivity index (χ1n) is 5.29. The molecule has 0 N–H and O–H groups in total. The zero-order chi connectivity index (χ0) is 12.4. The van der Waals surface area contributed by atoms with Crippen LogP contribution in [0.5, 0.6) is 11.6 Å². The monoisotopic (exact) mass is 340 g/mol. The molecule has 0 spiro atoms. The normalized spacial score (nSPS) is 10.4. The molecule has 2 rings (SSSR count). The van der Waals surface area contributed by atoms with Gasteiger partial charge in [0, 0.05) is 6.20 Å². The smallest absolute Gasteiger partial charge is 0.235 e. The third-order valence-electron chi connectivity index (χ3n) is 2.60. The topological polar surface area (TPSA) is 35.0 Å². The Morgan fingerprint density at radius 3 is 2.65 bits per heavy atom. The van der Waals surface area contributed by atoms with Crippen molar-refractivity contribution in [2.45, 2.75) is 20.8 Å². The van der Waals surface area contributed by atoms with Gasteiger partial charge in [-0.1, -0.05) is 6.07 Å². The molecule has 1 aromatic carbocycles. The van der Waals surface area contributed by atoms with Crippen molar-refractivity contribution < 1.29 is 4.74 Å². The minimum atomic E-state index is 0.605. The van der Waals surface area contributed by atoms with Crippen molar-refractivity contribution in [3.63, 3.8) is 0 Å². The van der Waals surface area contributed by atoms with Crippen LogP contribution in [0.15, 0.2) is 24.7 Å². The molecule has 0 fully saturated rings. The van der Waals surface area contributed by atoms with Crippen LogP contribution in [0.25, 0.3) is 0 Å².